The largest absolute Gasteiger partial charge is 0.489 e. The molecule has 4 amide bonds. The smallest absolute Gasteiger partial charge is 0.416 e. The number of nitrogens with one attached hydrogen (secondary N) is 1. The number of anilines is 1. The van der Waals surface area contributed by atoms with Gasteiger partial charge in [0.05, 0.1) is 16.3 Å². The summed E-state index contributed by atoms with van der Waals surface area (Å²) in [5.74, 6) is -1.68. The molecule has 0 unspecified atom stereocenters. The van der Waals surface area contributed by atoms with Crippen molar-refractivity contribution in [2.24, 2.45) is 0 Å². The molecule has 0 spiro atoms. The van der Waals surface area contributed by atoms with Crippen LogP contribution < -0.4 is 15.0 Å². The Balaban J connectivity index is 1.56. The van der Waals surface area contributed by atoms with E-state index >= 15 is 0 Å². The molecule has 1 aliphatic heterocycles. The minimum atomic E-state index is -4.74. The van der Waals surface area contributed by atoms with E-state index in [1.54, 1.807) is 42.5 Å². The van der Waals surface area contributed by atoms with Gasteiger partial charge in [0, 0.05) is 15.6 Å². The van der Waals surface area contributed by atoms with Crippen molar-refractivity contribution in [2.45, 2.75) is 12.8 Å². The van der Waals surface area contributed by atoms with Crippen LogP contribution in [-0.2, 0) is 22.4 Å². The molecule has 3 aromatic carbocycles. The number of benzene rings is 3. The zero-order valence-corrected chi connectivity index (χ0v) is 20.7. The van der Waals surface area contributed by atoms with Crippen molar-refractivity contribution in [1.29, 1.82) is 0 Å². The number of alkyl halides is 3. The van der Waals surface area contributed by atoms with E-state index in [1.807, 2.05) is 5.32 Å². The predicted octanol–water partition coefficient (Wildman–Crippen LogP) is 6.91. The molecule has 1 saturated heterocycles. The van der Waals surface area contributed by atoms with Gasteiger partial charge in [0.25, 0.3) is 11.8 Å². The summed E-state index contributed by atoms with van der Waals surface area (Å²) < 4.78 is 45.2. The topological polar surface area (TPSA) is 75.7 Å². The van der Waals surface area contributed by atoms with Crippen LogP contribution in [0.5, 0.6) is 5.75 Å². The number of urea groups is 1. The molecule has 0 bridgehead atoms. The van der Waals surface area contributed by atoms with E-state index in [9.17, 15) is 27.6 Å². The molecule has 190 valence electrons. The molecule has 1 aliphatic rings. The highest BCUT2D eigenvalue weighted by atomic mass is 35.5. The monoisotopic (exact) mass is 568 g/mol. The quantitative estimate of drug-likeness (QED) is 0.268. The molecule has 1 fully saturated rings. The van der Waals surface area contributed by atoms with Crippen LogP contribution in [0.4, 0.5) is 23.7 Å². The van der Waals surface area contributed by atoms with Crippen LogP contribution in [0.3, 0.4) is 0 Å². The third-order valence-electron chi connectivity index (χ3n) is 5.22. The Morgan fingerprint density at radius 3 is 2.24 bits per heavy atom. The van der Waals surface area contributed by atoms with Crippen molar-refractivity contribution < 1.29 is 32.3 Å². The average molecular weight is 570 g/mol. The number of hydrogen-bond acceptors (Lipinski definition) is 4. The maximum Gasteiger partial charge on any atom is 0.416 e. The molecule has 0 aromatic heterocycles. The lowest BCUT2D eigenvalue weighted by Crippen LogP contribution is -2.54. The second-order valence-corrected chi connectivity index (χ2v) is 8.97. The van der Waals surface area contributed by atoms with Gasteiger partial charge < -0.3 is 4.74 Å². The van der Waals surface area contributed by atoms with Gasteiger partial charge in [-0.25, -0.2) is 9.69 Å². The Bertz CT molecular complexity index is 1440. The number of nitrogens with zero attached hydrogens (tertiary/aromatic N) is 1. The number of barbiturate groups is 1. The van der Waals surface area contributed by atoms with Gasteiger partial charge in [0.1, 0.15) is 17.9 Å². The summed E-state index contributed by atoms with van der Waals surface area (Å²) in [6.45, 7) is 0.159. The number of rotatable bonds is 5. The number of imide groups is 2. The van der Waals surface area contributed by atoms with Crippen LogP contribution in [-0.4, -0.2) is 17.8 Å². The SMILES string of the molecule is O=C1NC(=O)N(c2cc(C(F)(F)F)ccc2Cl)C(=O)/C1=C\c1ccc(OCc2ccc(Cl)cc2Cl)cc1. The molecule has 1 N–H and O–H groups in total. The van der Waals surface area contributed by atoms with Gasteiger partial charge in [0.15, 0.2) is 0 Å². The lowest BCUT2D eigenvalue weighted by atomic mass is 10.1. The Morgan fingerprint density at radius 1 is 0.892 bits per heavy atom. The lowest BCUT2D eigenvalue weighted by molar-refractivity contribution is -0.137. The summed E-state index contributed by atoms with van der Waals surface area (Å²) in [6, 6.07) is 12.2. The minimum Gasteiger partial charge on any atom is -0.489 e. The molecule has 4 rings (SSSR count). The summed E-state index contributed by atoms with van der Waals surface area (Å²) in [6.07, 6.45) is -3.55. The van der Waals surface area contributed by atoms with Gasteiger partial charge >= 0.3 is 12.2 Å². The highest BCUT2D eigenvalue weighted by Crippen LogP contribution is 2.36. The van der Waals surface area contributed by atoms with E-state index in [4.69, 9.17) is 39.5 Å². The molecular formula is C25H14Cl3F3N2O4. The second-order valence-electron chi connectivity index (χ2n) is 7.72. The minimum absolute atomic E-state index is 0.159. The second kappa shape index (κ2) is 10.5. The van der Waals surface area contributed by atoms with Gasteiger partial charge in [-0.3, -0.25) is 14.9 Å². The fourth-order valence-corrected chi connectivity index (χ4v) is 4.03. The lowest BCUT2D eigenvalue weighted by Gasteiger charge is -2.27. The molecular weight excluding hydrogens is 556 g/mol. The van der Waals surface area contributed by atoms with E-state index in [-0.39, 0.29) is 11.6 Å². The number of carbonyl (C=O) groups is 3. The van der Waals surface area contributed by atoms with E-state index in [2.05, 4.69) is 0 Å². The predicted molar refractivity (Wildman–Crippen MR) is 133 cm³/mol. The third-order valence-corrected chi connectivity index (χ3v) is 6.12. The van der Waals surface area contributed by atoms with Gasteiger partial charge in [-0.1, -0.05) is 53.0 Å². The number of ether oxygens (including phenoxy) is 1. The number of amides is 4. The first kappa shape index (κ1) is 26.5. The zero-order chi connectivity index (χ0) is 26.9. The molecule has 12 heteroatoms. The fraction of sp³-hybridized carbons (Fsp3) is 0.0800. The Labute approximate surface area is 223 Å². The molecule has 0 saturated carbocycles. The van der Waals surface area contributed by atoms with E-state index in [0.717, 1.165) is 6.07 Å². The molecule has 0 aliphatic carbocycles. The van der Waals surface area contributed by atoms with Crippen molar-refractivity contribution in [3.05, 3.63) is 98.0 Å². The summed E-state index contributed by atoms with van der Waals surface area (Å²) in [5, 5.41) is 2.59. The van der Waals surface area contributed by atoms with Crippen LogP contribution in [0.25, 0.3) is 6.08 Å². The van der Waals surface area contributed by atoms with E-state index in [1.165, 1.54) is 6.08 Å². The maximum absolute atomic E-state index is 13.2. The van der Waals surface area contributed by atoms with Crippen LogP contribution in [0.2, 0.25) is 15.1 Å². The first-order chi connectivity index (χ1) is 17.4. The van der Waals surface area contributed by atoms with E-state index < -0.39 is 40.8 Å². The molecule has 1 heterocycles. The van der Waals surface area contributed by atoms with Gasteiger partial charge in [-0.2, -0.15) is 13.2 Å². The van der Waals surface area contributed by atoms with Crippen molar-refractivity contribution in [3.63, 3.8) is 0 Å². The third kappa shape index (κ3) is 5.90. The van der Waals surface area contributed by atoms with Crippen molar-refractivity contribution >= 4 is 64.4 Å². The maximum atomic E-state index is 13.2. The first-order valence-corrected chi connectivity index (χ1v) is 11.5. The summed E-state index contributed by atoms with van der Waals surface area (Å²) in [4.78, 5) is 38.2. The van der Waals surface area contributed by atoms with Crippen molar-refractivity contribution in [3.8, 4) is 5.75 Å². The highest BCUT2D eigenvalue weighted by molar-refractivity contribution is 6.42. The highest BCUT2D eigenvalue weighted by Gasteiger charge is 2.39. The molecule has 0 atom stereocenters. The molecule has 6 nitrogen and oxygen atoms in total. The fourth-order valence-electron chi connectivity index (χ4n) is 3.36. The van der Waals surface area contributed by atoms with Crippen LogP contribution in [0.15, 0.2) is 66.2 Å². The van der Waals surface area contributed by atoms with E-state index in [0.29, 0.717) is 44.0 Å². The zero-order valence-electron chi connectivity index (χ0n) is 18.4. The van der Waals surface area contributed by atoms with Crippen LogP contribution in [0.1, 0.15) is 16.7 Å². The average Bonchev–Trinajstić information content (AvgIpc) is 2.82. The summed E-state index contributed by atoms with van der Waals surface area (Å²) in [5.41, 5.74) is -1.01. The summed E-state index contributed by atoms with van der Waals surface area (Å²) >= 11 is 18.0. The number of carbonyl (C=O) groups excluding carboxylic acids is 3. The molecule has 3 aromatic rings. The number of hydrogen-bond donors (Lipinski definition) is 1. The standard InChI is InChI=1S/C25H14Cl3F3N2O4/c26-16-5-3-14(20(28)11-16)12-37-17-6-1-13(2-7-17)9-18-22(34)32-24(36)33(23(18)35)21-10-15(25(29,30)31)4-8-19(21)27/h1-11H,12H2,(H,32,34,36)/b18-9-. The van der Waals surface area contributed by atoms with Crippen LogP contribution >= 0.6 is 34.8 Å². The van der Waals surface area contributed by atoms with Gasteiger partial charge in [-0.05, 0) is 54.1 Å². The Hall–Kier alpha value is -3.53. The summed E-state index contributed by atoms with van der Waals surface area (Å²) in [7, 11) is 0. The van der Waals surface area contributed by atoms with Gasteiger partial charge in [-0.15, -0.1) is 0 Å². The van der Waals surface area contributed by atoms with Crippen molar-refractivity contribution in [1.82, 2.24) is 5.32 Å². The molecule has 37 heavy (non-hydrogen) atoms. The Morgan fingerprint density at radius 2 is 1.59 bits per heavy atom. The first-order valence-electron chi connectivity index (χ1n) is 10.4. The van der Waals surface area contributed by atoms with Crippen molar-refractivity contribution in [2.75, 3.05) is 4.90 Å². The number of halogens is 6. The Kier molecular flexibility index (Phi) is 7.49. The molecule has 0 radical (unpaired) electrons. The van der Waals surface area contributed by atoms with Crippen LogP contribution in [0, 0.1) is 0 Å². The van der Waals surface area contributed by atoms with Gasteiger partial charge in [0.2, 0.25) is 0 Å². The normalized spacial score (nSPS) is 15.2.